The number of halogens is 1. The molecule has 0 fully saturated rings. The monoisotopic (exact) mass is 351 g/mol. The number of amides is 1. The molecule has 0 atom stereocenters. The molecule has 0 aliphatic carbocycles. The first-order chi connectivity index (χ1) is 10.1. The first kappa shape index (κ1) is 15.3. The average Bonchev–Trinajstić information content (AvgIpc) is 2.89. The van der Waals surface area contributed by atoms with Gasteiger partial charge >= 0.3 is 0 Å². The van der Waals surface area contributed by atoms with Crippen LogP contribution in [0.15, 0.2) is 39.2 Å². The fraction of sp³-hybridized carbons (Fsp3) is 0.200. The number of rotatable bonds is 6. The Bertz CT molecular complexity index is 651. The van der Waals surface area contributed by atoms with Crippen LogP contribution < -0.4 is 10.1 Å². The van der Waals surface area contributed by atoms with Crippen LogP contribution in [-0.2, 0) is 11.3 Å². The first-order valence-corrected chi connectivity index (χ1v) is 7.07. The summed E-state index contributed by atoms with van der Waals surface area (Å²) in [6.45, 7) is 1.97. The SMILES string of the molecule is Cc1ccc(CNC(=O)COc2ccc(Br)cc2C=O)o1. The number of aldehydes is 1. The molecule has 0 aliphatic rings. The third-order valence-corrected chi connectivity index (χ3v) is 3.21. The van der Waals surface area contributed by atoms with Crippen molar-refractivity contribution in [2.75, 3.05) is 6.61 Å². The zero-order valence-corrected chi connectivity index (χ0v) is 13.0. The molecule has 5 nitrogen and oxygen atoms in total. The Labute approximate surface area is 130 Å². The molecule has 2 aromatic rings. The highest BCUT2D eigenvalue weighted by Gasteiger charge is 2.08. The summed E-state index contributed by atoms with van der Waals surface area (Å²) in [4.78, 5) is 22.6. The molecule has 0 saturated heterocycles. The lowest BCUT2D eigenvalue weighted by molar-refractivity contribution is -0.123. The number of carbonyl (C=O) groups excluding carboxylic acids is 2. The number of furan rings is 1. The number of hydrogen-bond acceptors (Lipinski definition) is 4. The van der Waals surface area contributed by atoms with Gasteiger partial charge in [-0.3, -0.25) is 9.59 Å². The Morgan fingerprint density at radius 1 is 1.38 bits per heavy atom. The minimum Gasteiger partial charge on any atom is -0.483 e. The van der Waals surface area contributed by atoms with E-state index in [0.717, 1.165) is 10.2 Å². The molecule has 0 radical (unpaired) electrons. The van der Waals surface area contributed by atoms with E-state index in [0.29, 0.717) is 29.9 Å². The molecule has 0 spiro atoms. The van der Waals surface area contributed by atoms with Crippen molar-refractivity contribution in [3.8, 4) is 5.75 Å². The fourth-order valence-electron chi connectivity index (χ4n) is 1.70. The van der Waals surface area contributed by atoms with Crippen LogP contribution in [0, 0.1) is 6.92 Å². The molecular weight excluding hydrogens is 338 g/mol. The van der Waals surface area contributed by atoms with Gasteiger partial charge in [-0.25, -0.2) is 0 Å². The summed E-state index contributed by atoms with van der Waals surface area (Å²) in [5.41, 5.74) is 0.388. The van der Waals surface area contributed by atoms with E-state index in [1.165, 1.54) is 0 Å². The van der Waals surface area contributed by atoms with Crippen molar-refractivity contribution in [2.24, 2.45) is 0 Å². The Hall–Kier alpha value is -2.08. The molecule has 2 rings (SSSR count). The van der Waals surface area contributed by atoms with Gasteiger partial charge in [-0.2, -0.15) is 0 Å². The van der Waals surface area contributed by atoms with E-state index in [1.54, 1.807) is 24.3 Å². The molecule has 110 valence electrons. The predicted molar refractivity (Wildman–Crippen MR) is 80.3 cm³/mol. The van der Waals surface area contributed by atoms with Crippen LogP contribution in [0.2, 0.25) is 0 Å². The molecule has 6 heteroatoms. The van der Waals surface area contributed by atoms with Crippen LogP contribution in [0.25, 0.3) is 0 Å². The summed E-state index contributed by atoms with van der Waals surface area (Å²) in [5.74, 6) is 1.56. The number of ether oxygens (including phenoxy) is 1. The van der Waals surface area contributed by atoms with Crippen molar-refractivity contribution in [3.63, 3.8) is 0 Å². The summed E-state index contributed by atoms with van der Waals surface area (Å²) in [6, 6.07) is 8.64. The molecule has 0 aliphatic heterocycles. The van der Waals surface area contributed by atoms with E-state index in [2.05, 4.69) is 21.2 Å². The van der Waals surface area contributed by atoms with E-state index >= 15 is 0 Å². The number of aryl methyl sites for hydroxylation is 1. The Morgan fingerprint density at radius 3 is 2.86 bits per heavy atom. The highest BCUT2D eigenvalue weighted by atomic mass is 79.9. The van der Waals surface area contributed by atoms with Crippen molar-refractivity contribution in [3.05, 3.63) is 51.9 Å². The summed E-state index contributed by atoms with van der Waals surface area (Å²) >= 11 is 3.27. The molecule has 1 amide bonds. The third kappa shape index (κ3) is 4.46. The number of carbonyl (C=O) groups is 2. The van der Waals surface area contributed by atoms with Gasteiger partial charge in [0, 0.05) is 4.47 Å². The largest absolute Gasteiger partial charge is 0.483 e. The molecule has 0 saturated carbocycles. The standard InChI is InChI=1S/C15H14BrNO4/c1-10-2-4-13(21-10)7-17-15(19)9-20-14-5-3-12(16)6-11(14)8-18/h2-6,8H,7,9H2,1H3,(H,17,19). The second kappa shape index (κ2) is 7.08. The molecule has 0 bridgehead atoms. The van der Waals surface area contributed by atoms with E-state index < -0.39 is 0 Å². The maximum atomic E-state index is 11.7. The van der Waals surface area contributed by atoms with Gasteiger partial charge < -0.3 is 14.5 Å². The highest BCUT2D eigenvalue weighted by Crippen LogP contribution is 2.21. The van der Waals surface area contributed by atoms with Crippen LogP contribution in [0.5, 0.6) is 5.75 Å². The maximum absolute atomic E-state index is 11.7. The van der Waals surface area contributed by atoms with Crippen molar-refractivity contribution in [1.82, 2.24) is 5.32 Å². The second-order valence-corrected chi connectivity index (χ2v) is 5.29. The maximum Gasteiger partial charge on any atom is 0.258 e. The van der Waals surface area contributed by atoms with E-state index in [4.69, 9.17) is 9.15 Å². The lowest BCUT2D eigenvalue weighted by Gasteiger charge is -2.08. The van der Waals surface area contributed by atoms with Crippen molar-refractivity contribution >= 4 is 28.1 Å². The van der Waals surface area contributed by atoms with Gasteiger partial charge in [0.25, 0.3) is 5.91 Å². The lowest BCUT2D eigenvalue weighted by Crippen LogP contribution is -2.28. The Morgan fingerprint density at radius 2 is 2.19 bits per heavy atom. The number of benzene rings is 1. The van der Waals surface area contributed by atoms with Gasteiger partial charge in [0.2, 0.25) is 0 Å². The lowest BCUT2D eigenvalue weighted by atomic mass is 10.2. The Kier molecular flexibility index (Phi) is 5.16. The van der Waals surface area contributed by atoms with Crippen LogP contribution >= 0.6 is 15.9 Å². The van der Waals surface area contributed by atoms with E-state index in [1.807, 2.05) is 13.0 Å². The van der Waals surface area contributed by atoms with Gasteiger partial charge in [0.15, 0.2) is 12.9 Å². The number of hydrogen-bond donors (Lipinski definition) is 1. The quantitative estimate of drug-likeness (QED) is 0.812. The summed E-state index contributed by atoms with van der Waals surface area (Å²) < 4.78 is 11.5. The van der Waals surface area contributed by atoms with Crippen LogP contribution in [0.3, 0.4) is 0 Å². The zero-order chi connectivity index (χ0) is 15.2. The Balaban J connectivity index is 1.85. The third-order valence-electron chi connectivity index (χ3n) is 2.71. The normalized spacial score (nSPS) is 10.2. The van der Waals surface area contributed by atoms with Crippen LogP contribution in [0.1, 0.15) is 21.9 Å². The molecular formula is C15H14BrNO4. The molecule has 1 N–H and O–H groups in total. The topological polar surface area (TPSA) is 68.5 Å². The van der Waals surface area contributed by atoms with Gasteiger partial charge in [-0.15, -0.1) is 0 Å². The molecule has 1 aromatic heterocycles. The molecule has 21 heavy (non-hydrogen) atoms. The van der Waals surface area contributed by atoms with Crippen LogP contribution in [-0.4, -0.2) is 18.8 Å². The van der Waals surface area contributed by atoms with E-state index in [9.17, 15) is 9.59 Å². The smallest absolute Gasteiger partial charge is 0.258 e. The minimum absolute atomic E-state index is 0.165. The summed E-state index contributed by atoms with van der Waals surface area (Å²) in [7, 11) is 0. The van der Waals surface area contributed by atoms with Crippen molar-refractivity contribution in [1.29, 1.82) is 0 Å². The van der Waals surface area contributed by atoms with Crippen molar-refractivity contribution in [2.45, 2.75) is 13.5 Å². The molecule has 1 heterocycles. The van der Waals surface area contributed by atoms with Gasteiger partial charge in [0.1, 0.15) is 17.3 Å². The van der Waals surface area contributed by atoms with Gasteiger partial charge in [-0.1, -0.05) is 15.9 Å². The first-order valence-electron chi connectivity index (χ1n) is 6.28. The molecule has 1 aromatic carbocycles. The number of nitrogens with one attached hydrogen (secondary N) is 1. The van der Waals surface area contributed by atoms with E-state index in [-0.39, 0.29) is 12.5 Å². The highest BCUT2D eigenvalue weighted by molar-refractivity contribution is 9.10. The fourth-order valence-corrected chi connectivity index (χ4v) is 2.08. The summed E-state index contributed by atoms with van der Waals surface area (Å²) in [6.07, 6.45) is 0.684. The summed E-state index contributed by atoms with van der Waals surface area (Å²) in [5, 5.41) is 2.68. The van der Waals surface area contributed by atoms with Crippen molar-refractivity contribution < 1.29 is 18.7 Å². The predicted octanol–water partition coefficient (Wildman–Crippen LogP) is 2.86. The minimum atomic E-state index is -0.288. The van der Waals surface area contributed by atoms with Crippen LogP contribution in [0.4, 0.5) is 0 Å². The second-order valence-electron chi connectivity index (χ2n) is 4.38. The van der Waals surface area contributed by atoms with Gasteiger partial charge in [0.05, 0.1) is 12.1 Å². The molecule has 0 unspecified atom stereocenters. The average molecular weight is 352 g/mol. The zero-order valence-electron chi connectivity index (χ0n) is 11.4. The van der Waals surface area contributed by atoms with Gasteiger partial charge in [-0.05, 0) is 37.3 Å².